The summed E-state index contributed by atoms with van der Waals surface area (Å²) in [7, 11) is 1.97. The lowest BCUT2D eigenvalue weighted by atomic mass is 9.95. The van der Waals surface area contributed by atoms with Gasteiger partial charge in [0, 0.05) is 12.7 Å². The van der Waals surface area contributed by atoms with Crippen molar-refractivity contribution >= 4 is 5.69 Å². The van der Waals surface area contributed by atoms with Crippen LogP contribution in [0.3, 0.4) is 0 Å². The van der Waals surface area contributed by atoms with Gasteiger partial charge in [-0.15, -0.1) is 0 Å². The summed E-state index contributed by atoms with van der Waals surface area (Å²) in [6.45, 7) is 2.25. The van der Waals surface area contributed by atoms with Crippen LogP contribution >= 0.6 is 0 Å². The fourth-order valence-corrected chi connectivity index (χ4v) is 2.40. The van der Waals surface area contributed by atoms with Crippen molar-refractivity contribution in [3.63, 3.8) is 0 Å². The summed E-state index contributed by atoms with van der Waals surface area (Å²) in [6.07, 6.45) is 5.02. The van der Waals surface area contributed by atoms with Gasteiger partial charge in [-0.05, 0) is 41.7 Å². The molecule has 0 bridgehead atoms. The van der Waals surface area contributed by atoms with E-state index in [9.17, 15) is 0 Å². The highest BCUT2D eigenvalue weighted by Gasteiger charge is 2.05. The van der Waals surface area contributed by atoms with Crippen molar-refractivity contribution in [2.24, 2.45) is 0 Å². The largest absolute Gasteiger partial charge is 0.388 e. The SMILES string of the molecule is CCCCCc1ccc(NC)cc1-c1ccccc1. The summed E-state index contributed by atoms with van der Waals surface area (Å²) in [5.41, 5.74) is 5.31. The van der Waals surface area contributed by atoms with Crippen LogP contribution in [-0.4, -0.2) is 7.05 Å². The molecule has 2 aromatic rings. The van der Waals surface area contributed by atoms with Crippen LogP contribution in [0.1, 0.15) is 31.7 Å². The fraction of sp³-hybridized carbons (Fsp3) is 0.333. The molecule has 0 atom stereocenters. The van der Waals surface area contributed by atoms with Crippen molar-refractivity contribution < 1.29 is 0 Å². The number of hydrogen-bond donors (Lipinski definition) is 1. The van der Waals surface area contributed by atoms with Gasteiger partial charge in [0.15, 0.2) is 0 Å². The molecule has 0 aliphatic rings. The van der Waals surface area contributed by atoms with Crippen molar-refractivity contribution in [2.45, 2.75) is 32.6 Å². The van der Waals surface area contributed by atoms with Gasteiger partial charge in [-0.2, -0.15) is 0 Å². The van der Waals surface area contributed by atoms with E-state index in [0.29, 0.717) is 0 Å². The summed E-state index contributed by atoms with van der Waals surface area (Å²) >= 11 is 0. The normalized spacial score (nSPS) is 10.4. The van der Waals surface area contributed by atoms with Crippen LogP contribution < -0.4 is 5.32 Å². The zero-order valence-electron chi connectivity index (χ0n) is 11.9. The molecule has 1 N–H and O–H groups in total. The van der Waals surface area contributed by atoms with Gasteiger partial charge in [0.1, 0.15) is 0 Å². The predicted octanol–water partition coefficient (Wildman–Crippen LogP) is 5.13. The minimum atomic E-state index is 1.17. The van der Waals surface area contributed by atoms with Gasteiger partial charge < -0.3 is 5.32 Å². The summed E-state index contributed by atoms with van der Waals surface area (Å²) in [5.74, 6) is 0. The molecular weight excluding hydrogens is 230 g/mol. The average molecular weight is 253 g/mol. The Kier molecular flexibility index (Phi) is 5.02. The molecule has 100 valence electrons. The minimum Gasteiger partial charge on any atom is -0.388 e. The number of benzene rings is 2. The number of nitrogens with one attached hydrogen (secondary N) is 1. The molecule has 1 heteroatoms. The number of anilines is 1. The Morgan fingerprint density at radius 3 is 2.42 bits per heavy atom. The van der Waals surface area contributed by atoms with Gasteiger partial charge in [0.05, 0.1) is 0 Å². The van der Waals surface area contributed by atoms with E-state index in [1.54, 1.807) is 0 Å². The molecule has 2 aromatic carbocycles. The summed E-state index contributed by atoms with van der Waals surface area (Å²) in [5, 5.41) is 3.23. The summed E-state index contributed by atoms with van der Waals surface area (Å²) < 4.78 is 0. The van der Waals surface area contributed by atoms with E-state index in [4.69, 9.17) is 0 Å². The number of unbranched alkanes of at least 4 members (excludes halogenated alkanes) is 2. The predicted molar refractivity (Wildman–Crippen MR) is 84.7 cm³/mol. The quantitative estimate of drug-likeness (QED) is 0.704. The number of hydrogen-bond acceptors (Lipinski definition) is 1. The molecule has 0 fully saturated rings. The molecule has 1 nitrogen and oxygen atoms in total. The maximum atomic E-state index is 3.23. The average Bonchev–Trinajstić information content (AvgIpc) is 2.48. The second-order valence-electron chi connectivity index (χ2n) is 4.95. The van der Waals surface area contributed by atoms with E-state index in [-0.39, 0.29) is 0 Å². The van der Waals surface area contributed by atoms with Crippen molar-refractivity contribution in [1.29, 1.82) is 0 Å². The molecule has 0 aromatic heterocycles. The first kappa shape index (κ1) is 13.7. The van der Waals surface area contributed by atoms with E-state index in [1.165, 1.54) is 48.1 Å². The Bertz CT molecular complexity index is 502. The lowest BCUT2D eigenvalue weighted by Crippen LogP contribution is -1.94. The molecular formula is C18H23N. The van der Waals surface area contributed by atoms with E-state index in [0.717, 1.165) is 0 Å². The molecule has 0 aliphatic carbocycles. The number of aryl methyl sites for hydroxylation is 1. The lowest BCUT2D eigenvalue weighted by Gasteiger charge is -2.12. The Hall–Kier alpha value is -1.76. The molecule has 0 amide bonds. The summed E-state index contributed by atoms with van der Waals surface area (Å²) in [4.78, 5) is 0. The highest BCUT2D eigenvalue weighted by molar-refractivity contribution is 5.71. The standard InChI is InChI=1S/C18H23N/c1-3-4-6-9-16-12-13-17(19-2)14-18(16)15-10-7-5-8-11-15/h5,7-8,10-14,19H,3-4,6,9H2,1-2H3. The number of rotatable bonds is 6. The van der Waals surface area contributed by atoms with E-state index in [1.807, 2.05) is 7.05 Å². The molecule has 0 saturated carbocycles. The first-order valence-corrected chi connectivity index (χ1v) is 7.21. The summed E-state index contributed by atoms with van der Waals surface area (Å²) in [6, 6.07) is 17.4. The first-order valence-electron chi connectivity index (χ1n) is 7.21. The van der Waals surface area contributed by atoms with Crippen molar-refractivity contribution in [3.8, 4) is 11.1 Å². The fourth-order valence-electron chi connectivity index (χ4n) is 2.40. The van der Waals surface area contributed by atoms with Crippen LogP contribution in [0.4, 0.5) is 5.69 Å². The Morgan fingerprint density at radius 1 is 0.947 bits per heavy atom. The van der Waals surface area contributed by atoms with Crippen molar-refractivity contribution in [2.75, 3.05) is 12.4 Å². The topological polar surface area (TPSA) is 12.0 Å². The molecule has 0 unspecified atom stereocenters. The molecule has 0 radical (unpaired) electrons. The highest BCUT2D eigenvalue weighted by atomic mass is 14.8. The van der Waals surface area contributed by atoms with Gasteiger partial charge in [0.25, 0.3) is 0 Å². The Labute approximate surface area is 116 Å². The van der Waals surface area contributed by atoms with Gasteiger partial charge in [-0.3, -0.25) is 0 Å². The first-order chi connectivity index (χ1) is 9.35. The molecule has 0 saturated heterocycles. The van der Waals surface area contributed by atoms with Gasteiger partial charge >= 0.3 is 0 Å². The third-order valence-electron chi connectivity index (χ3n) is 3.53. The van der Waals surface area contributed by atoms with Gasteiger partial charge in [0.2, 0.25) is 0 Å². The molecule has 2 rings (SSSR count). The van der Waals surface area contributed by atoms with Crippen LogP contribution in [0.5, 0.6) is 0 Å². The van der Waals surface area contributed by atoms with Crippen LogP contribution in [-0.2, 0) is 6.42 Å². The van der Waals surface area contributed by atoms with Crippen molar-refractivity contribution in [3.05, 3.63) is 54.1 Å². The zero-order chi connectivity index (χ0) is 13.5. The van der Waals surface area contributed by atoms with E-state index >= 15 is 0 Å². The van der Waals surface area contributed by atoms with Gasteiger partial charge in [-0.25, -0.2) is 0 Å². The van der Waals surface area contributed by atoms with Crippen LogP contribution in [0.2, 0.25) is 0 Å². The minimum absolute atomic E-state index is 1.17. The monoisotopic (exact) mass is 253 g/mol. The van der Waals surface area contributed by atoms with Gasteiger partial charge in [-0.1, -0.05) is 56.2 Å². The van der Waals surface area contributed by atoms with Crippen molar-refractivity contribution in [1.82, 2.24) is 0 Å². The molecule has 0 spiro atoms. The second kappa shape index (κ2) is 6.98. The second-order valence-corrected chi connectivity index (χ2v) is 4.95. The maximum Gasteiger partial charge on any atom is 0.0343 e. The van der Waals surface area contributed by atoms with Crippen LogP contribution in [0, 0.1) is 0 Å². The molecule has 0 heterocycles. The smallest absolute Gasteiger partial charge is 0.0343 e. The van der Waals surface area contributed by atoms with E-state index in [2.05, 4.69) is 60.8 Å². The maximum absolute atomic E-state index is 3.23. The van der Waals surface area contributed by atoms with Crippen LogP contribution in [0.15, 0.2) is 48.5 Å². The molecule has 0 aliphatic heterocycles. The lowest BCUT2D eigenvalue weighted by molar-refractivity contribution is 0.718. The highest BCUT2D eigenvalue weighted by Crippen LogP contribution is 2.28. The third-order valence-corrected chi connectivity index (χ3v) is 3.53. The Morgan fingerprint density at radius 2 is 1.74 bits per heavy atom. The van der Waals surface area contributed by atoms with E-state index < -0.39 is 0 Å². The van der Waals surface area contributed by atoms with Crippen LogP contribution in [0.25, 0.3) is 11.1 Å². The Balaban J connectivity index is 2.32. The zero-order valence-corrected chi connectivity index (χ0v) is 11.9. The molecule has 19 heavy (non-hydrogen) atoms. The third kappa shape index (κ3) is 3.60.